The fraction of sp³-hybridized carbons (Fsp3) is 0.500. The van der Waals surface area contributed by atoms with E-state index in [0.29, 0.717) is 18.0 Å². The standard InChI is InChI=1S/C16H21ClN2O3/c1-10-7-13(15(20)21)9-19(8-10)16(22)18-11(2)12-3-5-14(17)6-4-12/h3-6,10-11,13H,7-9H2,1-2H3,(H,18,22)(H,20,21). The summed E-state index contributed by atoms with van der Waals surface area (Å²) >= 11 is 5.85. The largest absolute Gasteiger partial charge is 0.481 e. The van der Waals surface area contributed by atoms with Crippen molar-refractivity contribution in [3.63, 3.8) is 0 Å². The summed E-state index contributed by atoms with van der Waals surface area (Å²) in [7, 11) is 0. The first-order chi connectivity index (χ1) is 10.4. The molecule has 5 nitrogen and oxygen atoms in total. The van der Waals surface area contributed by atoms with Gasteiger partial charge in [-0.2, -0.15) is 0 Å². The highest BCUT2D eigenvalue weighted by molar-refractivity contribution is 6.30. The molecule has 1 aromatic rings. The molecule has 2 rings (SSSR count). The third-order valence-corrected chi connectivity index (χ3v) is 4.26. The van der Waals surface area contributed by atoms with Crippen LogP contribution < -0.4 is 5.32 Å². The number of aliphatic carboxylic acids is 1. The monoisotopic (exact) mass is 324 g/mol. The highest BCUT2D eigenvalue weighted by Crippen LogP contribution is 2.23. The van der Waals surface area contributed by atoms with Crippen molar-refractivity contribution < 1.29 is 14.7 Å². The van der Waals surface area contributed by atoms with Gasteiger partial charge >= 0.3 is 12.0 Å². The van der Waals surface area contributed by atoms with Gasteiger partial charge in [0.2, 0.25) is 0 Å². The van der Waals surface area contributed by atoms with Crippen molar-refractivity contribution in [2.24, 2.45) is 11.8 Å². The number of nitrogens with zero attached hydrogens (tertiary/aromatic N) is 1. The molecule has 0 saturated carbocycles. The molecule has 1 aromatic carbocycles. The van der Waals surface area contributed by atoms with Gasteiger partial charge in [0.25, 0.3) is 0 Å². The summed E-state index contributed by atoms with van der Waals surface area (Å²) in [6, 6.07) is 6.91. The van der Waals surface area contributed by atoms with E-state index >= 15 is 0 Å². The van der Waals surface area contributed by atoms with Gasteiger partial charge in [0.1, 0.15) is 0 Å². The van der Waals surface area contributed by atoms with Crippen LogP contribution in [0.2, 0.25) is 5.02 Å². The summed E-state index contributed by atoms with van der Waals surface area (Å²) in [5.41, 5.74) is 0.956. The Morgan fingerprint density at radius 2 is 1.95 bits per heavy atom. The normalized spacial score (nSPS) is 23.0. The summed E-state index contributed by atoms with van der Waals surface area (Å²) < 4.78 is 0. The number of carboxylic acids is 1. The molecular formula is C16H21ClN2O3. The summed E-state index contributed by atoms with van der Waals surface area (Å²) in [5.74, 6) is -1.14. The molecular weight excluding hydrogens is 304 g/mol. The highest BCUT2D eigenvalue weighted by atomic mass is 35.5. The molecule has 22 heavy (non-hydrogen) atoms. The first-order valence-electron chi connectivity index (χ1n) is 7.40. The molecule has 0 spiro atoms. The number of hydrogen-bond acceptors (Lipinski definition) is 2. The van der Waals surface area contributed by atoms with Gasteiger partial charge in [0.05, 0.1) is 12.0 Å². The third-order valence-electron chi connectivity index (χ3n) is 4.01. The number of piperidine rings is 1. The minimum atomic E-state index is -0.838. The Bertz CT molecular complexity index is 547. The highest BCUT2D eigenvalue weighted by Gasteiger charge is 2.32. The molecule has 2 N–H and O–H groups in total. The first-order valence-corrected chi connectivity index (χ1v) is 7.78. The molecule has 1 aliphatic heterocycles. The van der Waals surface area contributed by atoms with Crippen LogP contribution in [0.3, 0.4) is 0 Å². The van der Waals surface area contributed by atoms with Crippen molar-refractivity contribution in [1.29, 1.82) is 0 Å². The van der Waals surface area contributed by atoms with Gasteiger partial charge in [0.15, 0.2) is 0 Å². The Balaban J connectivity index is 1.98. The lowest BCUT2D eigenvalue weighted by atomic mass is 9.91. The van der Waals surface area contributed by atoms with Gasteiger partial charge in [-0.15, -0.1) is 0 Å². The van der Waals surface area contributed by atoms with Crippen LogP contribution in [0.25, 0.3) is 0 Å². The van der Waals surface area contributed by atoms with Crippen LogP contribution in [0, 0.1) is 11.8 Å². The molecule has 0 radical (unpaired) electrons. The van der Waals surface area contributed by atoms with Gasteiger partial charge in [-0.1, -0.05) is 30.7 Å². The molecule has 6 heteroatoms. The predicted octanol–water partition coefficient (Wildman–Crippen LogP) is 3.15. The van der Waals surface area contributed by atoms with E-state index in [0.717, 1.165) is 5.56 Å². The molecule has 2 amide bonds. The number of rotatable bonds is 3. The number of benzene rings is 1. The number of carbonyl (C=O) groups excluding carboxylic acids is 1. The number of nitrogens with one attached hydrogen (secondary N) is 1. The van der Waals surface area contributed by atoms with Gasteiger partial charge in [0, 0.05) is 18.1 Å². The lowest BCUT2D eigenvalue weighted by Crippen LogP contribution is -2.49. The van der Waals surface area contributed by atoms with Crippen molar-refractivity contribution in [3.8, 4) is 0 Å². The molecule has 1 heterocycles. The number of amides is 2. The zero-order valence-corrected chi connectivity index (χ0v) is 13.5. The van der Waals surface area contributed by atoms with E-state index in [1.807, 2.05) is 26.0 Å². The molecule has 3 atom stereocenters. The van der Waals surface area contributed by atoms with E-state index in [1.165, 1.54) is 0 Å². The number of hydrogen-bond donors (Lipinski definition) is 2. The maximum absolute atomic E-state index is 12.4. The molecule has 120 valence electrons. The van der Waals surface area contributed by atoms with Crippen LogP contribution in [-0.2, 0) is 4.79 Å². The lowest BCUT2D eigenvalue weighted by molar-refractivity contribution is -0.143. The quantitative estimate of drug-likeness (QED) is 0.897. The zero-order valence-electron chi connectivity index (χ0n) is 12.8. The van der Waals surface area contributed by atoms with Crippen LogP contribution in [-0.4, -0.2) is 35.1 Å². The smallest absolute Gasteiger partial charge is 0.317 e. The van der Waals surface area contributed by atoms with E-state index in [9.17, 15) is 14.7 Å². The lowest BCUT2D eigenvalue weighted by Gasteiger charge is -2.35. The van der Waals surface area contributed by atoms with E-state index < -0.39 is 11.9 Å². The van der Waals surface area contributed by atoms with Crippen LogP contribution in [0.1, 0.15) is 31.9 Å². The van der Waals surface area contributed by atoms with E-state index in [2.05, 4.69) is 5.32 Å². The first kappa shape index (κ1) is 16.6. The fourth-order valence-electron chi connectivity index (χ4n) is 2.81. The van der Waals surface area contributed by atoms with Crippen LogP contribution in [0.15, 0.2) is 24.3 Å². The molecule has 0 aromatic heterocycles. The average molecular weight is 325 g/mol. The van der Waals surface area contributed by atoms with Crippen molar-refractivity contribution in [3.05, 3.63) is 34.9 Å². The maximum atomic E-state index is 12.4. The minimum Gasteiger partial charge on any atom is -0.481 e. The van der Waals surface area contributed by atoms with Crippen molar-refractivity contribution in [2.45, 2.75) is 26.3 Å². The Hall–Kier alpha value is -1.75. The van der Waals surface area contributed by atoms with E-state index in [1.54, 1.807) is 17.0 Å². The number of urea groups is 1. The second kappa shape index (κ2) is 7.01. The fourth-order valence-corrected chi connectivity index (χ4v) is 2.93. The number of carboxylic acid groups (broad SMARTS) is 1. The second-order valence-corrected chi connectivity index (χ2v) is 6.44. The Morgan fingerprint density at radius 1 is 1.32 bits per heavy atom. The van der Waals surface area contributed by atoms with E-state index in [4.69, 9.17) is 11.6 Å². The van der Waals surface area contributed by atoms with Gasteiger partial charge in [-0.25, -0.2) is 4.79 Å². The summed E-state index contributed by atoms with van der Waals surface area (Å²) in [4.78, 5) is 25.1. The third kappa shape index (κ3) is 4.13. The second-order valence-electron chi connectivity index (χ2n) is 6.00. The van der Waals surface area contributed by atoms with Crippen LogP contribution in [0.4, 0.5) is 4.79 Å². The molecule has 0 aliphatic carbocycles. The van der Waals surface area contributed by atoms with Crippen molar-refractivity contribution in [1.82, 2.24) is 10.2 Å². The predicted molar refractivity (Wildman–Crippen MR) is 84.9 cm³/mol. The summed E-state index contributed by atoms with van der Waals surface area (Å²) in [6.07, 6.45) is 0.617. The Labute approximate surface area is 135 Å². The Kier molecular flexibility index (Phi) is 5.29. The summed E-state index contributed by atoms with van der Waals surface area (Å²) in [6.45, 7) is 4.71. The van der Waals surface area contributed by atoms with Gasteiger partial charge in [-0.3, -0.25) is 4.79 Å². The number of halogens is 1. The topological polar surface area (TPSA) is 69.6 Å². The maximum Gasteiger partial charge on any atom is 0.317 e. The van der Waals surface area contributed by atoms with Crippen LogP contribution >= 0.6 is 11.6 Å². The molecule has 0 bridgehead atoms. The number of likely N-dealkylation sites (tertiary alicyclic amines) is 1. The van der Waals surface area contributed by atoms with Crippen molar-refractivity contribution in [2.75, 3.05) is 13.1 Å². The summed E-state index contributed by atoms with van der Waals surface area (Å²) in [5, 5.41) is 12.7. The van der Waals surface area contributed by atoms with Crippen molar-refractivity contribution >= 4 is 23.6 Å². The molecule has 3 unspecified atom stereocenters. The zero-order chi connectivity index (χ0) is 16.3. The Morgan fingerprint density at radius 3 is 2.55 bits per heavy atom. The molecule has 1 fully saturated rings. The van der Waals surface area contributed by atoms with E-state index in [-0.39, 0.29) is 24.5 Å². The van der Waals surface area contributed by atoms with Gasteiger partial charge < -0.3 is 15.3 Å². The van der Waals surface area contributed by atoms with Gasteiger partial charge in [-0.05, 0) is 37.0 Å². The molecule has 1 saturated heterocycles. The minimum absolute atomic E-state index is 0.162. The average Bonchev–Trinajstić information content (AvgIpc) is 2.47. The SMILES string of the molecule is CC1CC(C(=O)O)CN(C(=O)NC(C)c2ccc(Cl)cc2)C1. The van der Waals surface area contributed by atoms with Crippen LogP contribution in [0.5, 0.6) is 0 Å². The number of carbonyl (C=O) groups is 2. The molecule has 1 aliphatic rings.